The molecule has 2 aromatic rings. The Morgan fingerprint density at radius 2 is 1.69 bits per heavy atom. The van der Waals surface area contributed by atoms with Crippen LogP contribution in [0.5, 0.6) is 0 Å². The molecule has 0 saturated carbocycles. The van der Waals surface area contributed by atoms with Gasteiger partial charge in [-0.05, 0) is 30.2 Å². The highest BCUT2D eigenvalue weighted by Gasteiger charge is 2.22. The number of anilines is 1. The Morgan fingerprint density at radius 3 is 2.38 bits per heavy atom. The number of halogens is 3. The van der Waals surface area contributed by atoms with Gasteiger partial charge in [-0.2, -0.15) is 0 Å². The molecule has 0 bridgehead atoms. The van der Waals surface area contributed by atoms with Gasteiger partial charge in [0.1, 0.15) is 17.5 Å². The van der Waals surface area contributed by atoms with Gasteiger partial charge in [-0.15, -0.1) is 0 Å². The Labute approximate surface area is 150 Å². The monoisotopic (exact) mass is 363 g/mol. The molecule has 2 aromatic carbocycles. The Balaban J connectivity index is 1.47. The van der Waals surface area contributed by atoms with E-state index in [1.807, 2.05) is 6.07 Å². The van der Waals surface area contributed by atoms with E-state index in [1.165, 1.54) is 12.1 Å². The highest BCUT2D eigenvalue weighted by molar-refractivity contribution is 5.89. The molecule has 0 aromatic heterocycles. The van der Waals surface area contributed by atoms with Gasteiger partial charge in [-0.25, -0.2) is 18.0 Å². The van der Waals surface area contributed by atoms with E-state index in [9.17, 15) is 18.0 Å². The molecule has 4 nitrogen and oxygen atoms in total. The summed E-state index contributed by atoms with van der Waals surface area (Å²) in [4.78, 5) is 16.0. The number of benzene rings is 2. The first-order valence-electron chi connectivity index (χ1n) is 8.49. The van der Waals surface area contributed by atoms with Crippen LogP contribution in [0.4, 0.5) is 23.7 Å². The maximum Gasteiger partial charge on any atom is 0.322 e. The second-order valence-electron chi connectivity index (χ2n) is 6.22. The second kappa shape index (κ2) is 8.23. The van der Waals surface area contributed by atoms with Crippen LogP contribution in [-0.2, 0) is 6.42 Å². The minimum atomic E-state index is -0.804. The quantitative estimate of drug-likeness (QED) is 0.903. The van der Waals surface area contributed by atoms with Crippen molar-refractivity contribution in [2.75, 3.05) is 38.0 Å². The fourth-order valence-corrected chi connectivity index (χ4v) is 2.94. The van der Waals surface area contributed by atoms with Crippen molar-refractivity contribution in [1.82, 2.24) is 9.80 Å². The van der Waals surface area contributed by atoms with Crippen molar-refractivity contribution < 1.29 is 18.0 Å². The fourth-order valence-electron chi connectivity index (χ4n) is 2.94. The first-order chi connectivity index (χ1) is 12.5. The molecule has 7 heteroatoms. The van der Waals surface area contributed by atoms with Crippen LogP contribution in [0.2, 0.25) is 0 Å². The topological polar surface area (TPSA) is 35.6 Å². The Bertz CT molecular complexity index is 776. The second-order valence-corrected chi connectivity index (χ2v) is 6.22. The van der Waals surface area contributed by atoms with Gasteiger partial charge in [0.2, 0.25) is 0 Å². The van der Waals surface area contributed by atoms with Crippen molar-refractivity contribution in [3.05, 3.63) is 65.5 Å². The van der Waals surface area contributed by atoms with Crippen LogP contribution in [0, 0.1) is 17.5 Å². The van der Waals surface area contributed by atoms with Crippen molar-refractivity contribution in [2.45, 2.75) is 6.42 Å². The van der Waals surface area contributed by atoms with E-state index < -0.39 is 17.7 Å². The third-order valence-corrected chi connectivity index (χ3v) is 4.49. The van der Waals surface area contributed by atoms with E-state index in [2.05, 4.69) is 10.2 Å². The van der Waals surface area contributed by atoms with E-state index >= 15 is 0 Å². The lowest BCUT2D eigenvalue weighted by molar-refractivity contribution is 0.148. The van der Waals surface area contributed by atoms with Gasteiger partial charge in [0.15, 0.2) is 0 Å². The molecule has 1 fully saturated rings. The number of urea groups is 1. The molecule has 0 radical (unpaired) electrons. The number of piperazine rings is 1. The predicted octanol–water partition coefficient (Wildman–Crippen LogP) is 3.50. The van der Waals surface area contributed by atoms with Crippen LogP contribution in [0.25, 0.3) is 0 Å². The average Bonchev–Trinajstić information content (AvgIpc) is 2.64. The van der Waals surface area contributed by atoms with E-state index in [0.717, 1.165) is 12.1 Å². The highest BCUT2D eigenvalue weighted by Crippen LogP contribution is 2.16. The van der Waals surface area contributed by atoms with E-state index in [0.29, 0.717) is 44.7 Å². The van der Waals surface area contributed by atoms with E-state index in [4.69, 9.17) is 0 Å². The molecule has 2 amide bonds. The van der Waals surface area contributed by atoms with Crippen LogP contribution in [0.1, 0.15) is 5.56 Å². The number of carbonyl (C=O) groups is 1. The maximum atomic E-state index is 13.6. The number of nitrogens with zero attached hydrogens (tertiary/aromatic N) is 2. The number of carbonyl (C=O) groups excluding carboxylic acids is 1. The first kappa shape index (κ1) is 18.3. The fraction of sp³-hybridized carbons (Fsp3) is 0.316. The van der Waals surface area contributed by atoms with Gasteiger partial charge in [0.05, 0.1) is 5.69 Å². The van der Waals surface area contributed by atoms with Gasteiger partial charge in [-0.1, -0.05) is 18.2 Å². The zero-order valence-electron chi connectivity index (χ0n) is 14.2. The summed E-state index contributed by atoms with van der Waals surface area (Å²) in [6, 6.07) is 9.32. The van der Waals surface area contributed by atoms with Gasteiger partial charge in [0.25, 0.3) is 0 Å². The zero-order chi connectivity index (χ0) is 18.5. The third-order valence-electron chi connectivity index (χ3n) is 4.49. The maximum absolute atomic E-state index is 13.6. The molecule has 0 unspecified atom stereocenters. The van der Waals surface area contributed by atoms with Crippen LogP contribution in [-0.4, -0.2) is 48.6 Å². The largest absolute Gasteiger partial charge is 0.322 e. The van der Waals surface area contributed by atoms with Crippen molar-refractivity contribution in [1.29, 1.82) is 0 Å². The lowest BCUT2D eigenvalue weighted by Crippen LogP contribution is -2.50. The van der Waals surface area contributed by atoms with E-state index in [1.54, 1.807) is 17.0 Å². The summed E-state index contributed by atoms with van der Waals surface area (Å²) in [5, 5.41) is 2.46. The summed E-state index contributed by atoms with van der Waals surface area (Å²) in [6.07, 6.45) is 0.611. The Hall–Kier alpha value is -2.54. The molecular weight excluding hydrogens is 343 g/mol. The zero-order valence-corrected chi connectivity index (χ0v) is 14.2. The SMILES string of the molecule is O=C(Nc1ccc(F)cc1F)N1CCN(CCc2ccccc2F)CC1. The number of nitrogens with one attached hydrogen (secondary N) is 1. The normalized spacial score (nSPS) is 15.1. The van der Waals surface area contributed by atoms with Gasteiger partial charge in [-0.3, -0.25) is 4.90 Å². The molecule has 0 spiro atoms. The first-order valence-corrected chi connectivity index (χ1v) is 8.49. The Kier molecular flexibility index (Phi) is 5.78. The van der Waals surface area contributed by atoms with Crippen LogP contribution in [0.15, 0.2) is 42.5 Å². The molecule has 1 aliphatic rings. The van der Waals surface area contributed by atoms with E-state index in [-0.39, 0.29) is 11.5 Å². The van der Waals surface area contributed by atoms with Crippen molar-refractivity contribution in [3.8, 4) is 0 Å². The van der Waals surface area contributed by atoms with Crippen LogP contribution < -0.4 is 5.32 Å². The standard InChI is InChI=1S/C19H20F3N3O/c20-15-5-6-18(17(22)13-15)23-19(26)25-11-9-24(10-12-25)8-7-14-3-1-2-4-16(14)21/h1-6,13H,7-12H2,(H,23,26). The molecule has 3 rings (SSSR count). The minimum Gasteiger partial charge on any atom is -0.322 e. The van der Waals surface area contributed by atoms with Crippen molar-refractivity contribution in [3.63, 3.8) is 0 Å². The summed E-state index contributed by atoms with van der Waals surface area (Å²) in [5.74, 6) is -1.70. The smallest absolute Gasteiger partial charge is 0.322 e. The summed E-state index contributed by atoms with van der Waals surface area (Å²) < 4.78 is 40.2. The number of hydrogen-bond donors (Lipinski definition) is 1. The molecule has 1 N–H and O–H groups in total. The average molecular weight is 363 g/mol. The minimum absolute atomic E-state index is 0.0432. The van der Waals surface area contributed by atoms with Gasteiger partial charge >= 0.3 is 6.03 Å². The van der Waals surface area contributed by atoms with Crippen LogP contribution in [0.3, 0.4) is 0 Å². The third kappa shape index (κ3) is 4.54. The summed E-state index contributed by atoms with van der Waals surface area (Å²) in [7, 11) is 0. The van der Waals surface area contributed by atoms with Crippen LogP contribution >= 0.6 is 0 Å². The molecule has 0 aliphatic carbocycles. The van der Waals surface area contributed by atoms with Crippen molar-refractivity contribution >= 4 is 11.7 Å². The molecule has 1 heterocycles. The molecule has 1 saturated heterocycles. The predicted molar refractivity (Wildman–Crippen MR) is 93.5 cm³/mol. The lowest BCUT2D eigenvalue weighted by atomic mass is 10.1. The van der Waals surface area contributed by atoms with Gasteiger partial charge < -0.3 is 10.2 Å². The highest BCUT2D eigenvalue weighted by atomic mass is 19.1. The molecular formula is C19H20F3N3O. The summed E-state index contributed by atoms with van der Waals surface area (Å²) in [6.45, 7) is 3.02. The molecule has 138 valence electrons. The number of hydrogen-bond acceptors (Lipinski definition) is 2. The van der Waals surface area contributed by atoms with Crippen molar-refractivity contribution in [2.24, 2.45) is 0 Å². The number of amides is 2. The molecule has 0 atom stereocenters. The van der Waals surface area contributed by atoms with Gasteiger partial charge in [0, 0.05) is 38.8 Å². The summed E-state index contributed by atoms with van der Waals surface area (Å²) in [5.41, 5.74) is 0.637. The lowest BCUT2D eigenvalue weighted by Gasteiger charge is -2.34. The Morgan fingerprint density at radius 1 is 0.962 bits per heavy atom. The number of rotatable bonds is 4. The molecule has 1 aliphatic heterocycles. The summed E-state index contributed by atoms with van der Waals surface area (Å²) >= 11 is 0. The molecule has 26 heavy (non-hydrogen) atoms.